The fourth-order valence-electron chi connectivity index (χ4n) is 1.60. The molecule has 0 aliphatic carbocycles. The van der Waals surface area contributed by atoms with Crippen LogP contribution in [0.1, 0.15) is 29.5 Å². The summed E-state index contributed by atoms with van der Waals surface area (Å²) < 4.78 is 14.7. The Balaban J connectivity index is 2.33. The van der Waals surface area contributed by atoms with Crippen molar-refractivity contribution in [3.8, 4) is 0 Å². The lowest BCUT2D eigenvalue weighted by atomic mass is 10.2. The first-order valence-electron chi connectivity index (χ1n) is 5.38. The van der Waals surface area contributed by atoms with Gasteiger partial charge in [0.05, 0.1) is 6.20 Å². The van der Waals surface area contributed by atoms with Crippen molar-refractivity contribution >= 4 is 5.78 Å². The number of halogens is 1. The van der Waals surface area contributed by atoms with E-state index in [-0.39, 0.29) is 11.3 Å². The minimum Gasteiger partial charge on any atom is -0.328 e. The van der Waals surface area contributed by atoms with Crippen molar-refractivity contribution < 1.29 is 9.18 Å². The summed E-state index contributed by atoms with van der Waals surface area (Å²) in [6.45, 7) is 2.72. The summed E-state index contributed by atoms with van der Waals surface area (Å²) in [5.74, 6) is -0.515. The van der Waals surface area contributed by atoms with E-state index in [9.17, 15) is 9.18 Å². The fourth-order valence-corrected chi connectivity index (χ4v) is 1.60. The molecule has 0 aliphatic rings. The Morgan fingerprint density at radius 3 is 3.00 bits per heavy atom. The number of hydrogen-bond donors (Lipinski definition) is 0. The Labute approximate surface area is 98.1 Å². The van der Waals surface area contributed by atoms with Crippen LogP contribution in [0.15, 0.2) is 30.9 Å². The van der Waals surface area contributed by atoms with Gasteiger partial charge in [0.25, 0.3) is 0 Å². The lowest BCUT2D eigenvalue weighted by Gasteiger charge is -2.04. The van der Waals surface area contributed by atoms with Crippen molar-refractivity contribution in [2.24, 2.45) is 0 Å². The van der Waals surface area contributed by atoms with Gasteiger partial charge in [0, 0.05) is 30.7 Å². The Bertz CT molecular complexity index is 536. The van der Waals surface area contributed by atoms with Crippen molar-refractivity contribution in [1.29, 1.82) is 0 Å². The van der Waals surface area contributed by atoms with Gasteiger partial charge in [-0.25, -0.2) is 9.37 Å². The van der Waals surface area contributed by atoms with Crippen molar-refractivity contribution in [1.82, 2.24) is 14.5 Å². The van der Waals surface area contributed by atoms with E-state index in [1.807, 2.05) is 6.92 Å². The first-order chi connectivity index (χ1) is 8.22. The standard InChI is InChI=1S/C12H12FN3O/c1-2-4-16-5-3-15-12(16)11(17)9-6-10(13)8-14-7-9/h3,5-8H,2,4H2,1H3. The number of rotatable bonds is 4. The molecule has 0 spiro atoms. The molecule has 0 saturated heterocycles. The third-order valence-electron chi connectivity index (χ3n) is 2.35. The number of pyridine rings is 1. The van der Waals surface area contributed by atoms with Crippen molar-refractivity contribution in [2.75, 3.05) is 0 Å². The molecule has 0 bridgehead atoms. The van der Waals surface area contributed by atoms with E-state index in [1.165, 1.54) is 12.3 Å². The zero-order valence-electron chi connectivity index (χ0n) is 9.43. The second-order valence-electron chi connectivity index (χ2n) is 3.67. The molecule has 0 aliphatic heterocycles. The summed E-state index contributed by atoms with van der Waals surface area (Å²) in [6, 6.07) is 1.17. The average Bonchev–Trinajstić information content (AvgIpc) is 2.77. The van der Waals surface area contributed by atoms with Gasteiger partial charge in [-0.1, -0.05) is 6.92 Å². The molecular weight excluding hydrogens is 221 g/mol. The Morgan fingerprint density at radius 2 is 2.29 bits per heavy atom. The topological polar surface area (TPSA) is 47.8 Å². The second-order valence-corrected chi connectivity index (χ2v) is 3.67. The Morgan fingerprint density at radius 1 is 1.47 bits per heavy atom. The fraction of sp³-hybridized carbons (Fsp3) is 0.250. The zero-order valence-corrected chi connectivity index (χ0v) is 9.43. The molecule has 0 radical (unpaired) electrons. The van der Waals surface area contributed by atoms with Gasteiger partial charge in [0.1, 0.15) is 5.82 Å². The van der Waals surface area contributed by atoms with Gasteiger partial charge >= 0.3 is 0 Å². The predicted octanol–water partition coefficient (Wildman–Crippen LogP) is 2.06. The summed E-state index contributed by atoms with van der Waals surface area (Å²) >= 11 is 0. The molecule has 0 atom stereocenters. The van der Waals surface area contributed by atoms with Crippen LogP contribution in [0.5, 0.6) is 0 Å². The Hall–Kier alpha value is -2.04. The molecule has 0 aromatic carbocycles. The largest absolute Gasteiger partial charge is 0.328 e. The Kier molecular flexibility index (Phi) is 3.27. The molecule has 2 aromatic heterocycles. The zero-order chi connectivity index (χ0) is 12.3. The van der Waals surface area contributed by atoms with E-state index in [0.717, 1.165) is 12.6 Å². The smallest absolute Gasteiger partial charge is 0.230 e. The van der Waals surface area contributed by atoms with Gasteiger partial charge in [-0.05, 0) is 12.5 Å². The van der Waals surface area contributed by atoms with Gasteiger partial charge in [-0.2, -0.15) is 0 Å². The number of carbonyl (C=O) groups is 1. The second kappa shape index (κ2) is 4.86. The molecule has 2 rings (SSSR count). The van der Waals surface area contributed by atoms with Crippen molar-refractivity contribution in [3.05, 3.63) is 48.1 Å². The maximum Gasteiger partial charge on any atom is 0.230 e. The molecule has 88 valence electrons. The number of carbonyl (C=O) groups excluding carboxylic acids is 1. The maximum absolute atomic E-state index is 13.0. The third kappa shape index (κ3) is 2.38. The number of ketones is 1. The number of imidazole rings is 1. The van der Waals surface area contributed by atoms with Crippen LogP contribution in [0.4, 0.5) is 4.39 Å². The summed E-state index contributed by atoms with van der Waals surface area (Å²) in [5, 5.41) is 0. The highest BCUT2D eigenvalue weighted by molar-refractivity contribution is 6.06. The quantitative estimate of drug-likeness (QED) is 0.759. The highest BCUT2D eigenvalue weighted by Gasteiger charge is 2.15. The van der Waals surface area contributed by atoms with Crippen LogP contribution >= 0.6 is 0 Å². The van der Waals surface area contributed by atoms with Crippen LogP contribution in [-0.2, 0) is 6.54 Å². The van der Waals surface area contributed by atoms with E-state index in [0.29, 0.717) is 12.4 Å². The van der Waals surface area contributed by atoms with Crippen LogP contribution in [0, 0.1) is 5.82 Å². The highest BCUT2D eigenvalue weighted by atomic mass is 19.1. The van der Waals surface area contributed by atoms with E-state index >= 15 is 0 Å². The average molecular weight is 233 g/mol. The van der Waals surface area contributed by atoms with Gasteiger partial charge in [0.15, 0.2) is 5.82 Å². The number of aromatic nitrogens is 3. The summed E-state index contributed by atoms with van der Waals surface area (Å²) in [7, 11) is 0. The van der Waals surface area contributed by atoms with Gasteiger partial charge in [0.2, 0.25) is 5.78 Å². The molecule has 0 saturated carbocycles. The van der Waals surface area contributed by atoms with E-state index in [4.69, 9.17) is 0 Å². The molecule has 0 unspecified atom stereocenters. The number of nitrogens with zero attached hydrogens (tertiary/aromatic N) is 3. The third-order valence-corrected chi connectivity index (χ3v) is 2.35. The van der Waals surface area contributed by atoms with Crippen molar-refractivity contribution in [2.45, 2.75) is 19.9 Å². The molecule has 5 heteroatoms. The summed E-state index contributed by atoms with van der Waals surface area (Å²) in [4.78, 5) is 19.7. The SMILES string of the molecule is CCCn1ccnc1C(=O)c1cncc(F)c1. The number of hydrogen-bond acceptors (Lipinski definition) is 3. The monoisotopic (exact) mass is 233 g/mol. The molecule has 4 nitrogen and oxygen atoms in total. The first-order valence-corrected chi connectivity index (χ1v) is 5.38. The highest BCUT2D eigenvalue weighted by Crippen LogP contribution is 2.09. The summed E-state index contributed by atoms with van der Waals surface area (Å²) in [6.07, 6.45) is 6.61. The van der Waals surface area contributed by atoms with E-state index in [2.05, 4.69) is 9.97 Å². The number of aryl methyl sites for hydroxylation is 1. The van der Waals surface area contributed by atoms with Gasteiger partial charge in [-0.3, -0.25) is 9.78 Å². The van der Waals surface area contributed by atoms with Crippen LogP contribution < -0.4 is 0 Å². The molecule has 2 aromatic rings. The molecular formula is C12H12FN3O. The normalized spacial score (nSPS) is 10.5. The minimum atomic E-state index is -0.524. The first kappa shape index (κ1) is 11.4. The molecule has 17 heavy (non-hydrogen) atoms. The molecule has 2 heterocycles. The predicted molar refractivity (Wildman–Crippen MR) is 60.1 cm³/mol. The van der Waals surface area contributed by atoms with E-state index < -0.39 is 5.82 Å². The van der Waals surface area contributed by atoms with Crippen LogP contribution in [0.25, 0.3) is 0 Å². The lowest BCUT2D eigenvalue weighted by molar-refractivity contribution is 0.102. The molecule has 0 N–H and O–H groups in total. The maximum atomic E-state index is 13.0. The van der Waals surface area contributed by atoms with Crippen LogP contribution in [-0.4, -0.2) is 20.3 Å². The van der Waals surface area contributed by atoms with Gasteiger partial charge in [-0.15, -0.1) is 0 Å². The molecule has 0 amide bonds. The van der Waals surface area contributed by atoms with Crippen LogP contribution in [0.2, 0.25) is 0 Å². The van der Waals surface area contributed by atoms with Gasteiger partial charge < -0.3 is 4.57 Å². The van der Waals surface area contributed by atoms with Crippen LogP contribution in [0.3, 0.4) is 0 Å². The summed E-state index contributed by atoms with van der Waals surface area (Å²) in [5.41, 5.74) is 0.216. The van der Waals surface area contributed by atoms with E-state index in [1.54, 1.807) is 17.0 Å². The minimum absolute atomic E-state index is 0.216. The lowest BCUT2D eigenvalue weighted by Crippen LogP contribution is -2.11. The van der Waals surface area contributed by atoms with Crippen molar-refractivity contribution in [3.63, 3.8) is 0 Å². The molecule has 0 fully saturated rings.